The molecule has 0 aromatic rings. The molecule has 0 rings (SSSR count). The van der Waals surface area contributed by atoms with Crippen molar-refractivity contribution in [2.45, 2.75) is 374 Å². The number of esters is 3. The van der Waals surface area contributed by atoms with E-state index in [0.717, 1.165) is 96.3 Å². The van der Waals surface area contributed by atoms with Gasteiger partial charge >= 0.3 is 17.9 Å². The molecule has 0 aliphatic heterocycles. The second-order valence-corrected chi connectivity index (χ2v) is 23.1. The summed E-state index contributed by atoms with van der Waals surface area (Å²) >= 11 is 0. The molecule has 0 bridgehead atoms. The summed E-state index contributed by atoms with van der Waals surface area (Å²) in [6.07, 6.45) is 82.8. The van der Waals surface area contributed by atoms with E-state index >= 15 is 0 Å². The maximum Gasteiger partial charge on any atom is 0.306 e. The molecule has 6 heteroatoms. The van der Waals surface area contributed by atoms with E-state index in [0.29, 0.717) is 19.3 Å². The van der Waals surface area contributed by atoms with Crippen LogP contribution >= 0.6 is 0 Å². The highest BCUT2D eigenvalue weighted by Gasteiger charge is 2.19. The van der Waals surface area contributed by atoms with Gasteiger partial charge in [0.15, 0.2) is 6.10 Å². The van der Waals surface area contributed by atoms with Crippen LogP contribution in [0.1, 0.15) is 367 Å². The largest absolute Gasteiger partial charge is 0.462 e. The van der Waals surface area contributed by atoms with Gasteiger partial charge in [-0.15, -0.1) is 0 Å². The van der Waals surface area contributed by atoms with Crippen LogP contribution < -0.4 is 0 Å². The van der Waals surface area contributed by atoms with Gasteiger partial charge in [0.25, 0.3) is 0 Å². The molecule has 0 saturated carbocycles. The maximum atomic E-state index is 12.9. The van der Waals surface area contributed by atoms with E-state index in [1.54, 1.807) is 0 Å². The van der Waals surface area contributed by atoms with E-state index in [4.69, 9.17) is 14.2 Å². The number of ether oxygens (including phenoxy) is 3. The Morgan fingerprint density at radius 2 is 0.506 bits per heavy atom. The monoisotopic (exact) mass is 1080 g/mol. The molecule has 0 fully saturated rings. The molecule has 450 valence electrons. The summed E-state index contributed by atoms with van der Waals surface area (Å²) in [5, 5.41) is 0. The second kappa shape index (κ2) is 65.9. The van der Waals surface area contributed by atoms with Gasteiger partial charge in [0.1, 0.15) is 13.2 Å². The summed E-state index contributed by atoms with van der Waals surface area (Å²) in [7, 11) is 0. The Morgan fingerprint density at radius 3 is 0.805 bits per heavy atom. The first-order valence-corrected chi connectivity index (χ1v) is 34.1. The molecule has 0 aliphatic rings. The fourth-order valence-corrected chi connectivity index (χ4v) is 10.2. The quantitative estimate of drug-likeness (QED) is 0.0261. The van der Waals surface area contributed by atoms with Crippen LogP contribution in [0.2, 0.25) is 0 Å². The highest BCUT2D eigenvalue weighted by molar-refractivity contribution is 5.71. The van der Waals surface area contributed by atoms with Crippen LogP contribution in [0.15, 0.2) is 48.6 Å². The van der Waals surface area contributed by atoms with Crippen molar-refractivity contribution in [1.29, 1.82) is 0 Å². The van der Waals surface area contributed by atoms with Gasteiger partial charge in [0, 0.05) is 19.3 Å². The lowest BCUT2D eigenvalue weighted by Crippen LogP contribution is -2.30. The average Bonchev–Trinajstić information content (AvgIpc) is 3.43. The SMILES string of the molecule is CC/C=C\C/C=C\C/C=C\CCCCCCCC(=O)OCC(COC(=O)CCCCCCCCCCCCCCCCCCCCCCCCCCCC)OC(=O)CCCCCCCCC/C=C\CCCCCCCCC. The predicted molar refractivity (Wildman–Crippen MR) is 335 cm³/mol. The van der Waals surface area contributed by atoms with Crippen molar-refractivity contribution < 1.29 is 28.6 Å². The zero-order valence-electron chi connectivity index (χ0n) is 51.7. The lowest BCUT2D eigenvalue weighted by molar-refractivity contribution is -0.167. The summed E-state index contributed by atoms with van der Waals surface area (Å²) in [5.74, 6) is -0.875. The summed E-state index contributed by atoms with van der Waals surface area (Å²) in [5.41, 5.74) is 0. The topological polar surface area (TPSA) is 78.9 Å². The third kappa shape index (κ3) is 64.1. The van der Waals surface area contributed by atoms with E-state index in [-0.39, 0.29) is 31.1 Å². The molecule has 0 spiro atoms. The molecule has 6 nitrogen and oxygen atoms in total. The lowest BCUT2D eigenvalue weighted by atomic mass is 10.0. The van der Waals surface area contributed by atoms with Gasteiger partial charge in [-0.05, 0) is 77.0 Å². The molecule has 1 atom stereocenters. The van der Waals surface area contributed by atoms with E-state index in [9.17, 15) is 14.4 Å². The molecule has 0 N–H and O–H groups in total. The summed E-state index contributed by atoms with van der Waals surface area (Å²) < 4.78 is 17.0. The number of hydrogen-bond donors (Lipinski definition) is 0. The van der Waals surface area contributed by atoms with Crippen LogP contribution in [-0.2, 0) is 28.6 Å². The van der Waals surface area contributed by atoms with Crippen molar-refractivity contribution in [3.05, 3.63) is 48.6 Å². The van der Waals surface area contributed by atoms with Crippen molar-refractivity contribution in [3.63, 3.8) is 0 Å². The van der Waals surface area contributed by atoms with Gasteiger partial charge in [-0.3, -0.25) is 14.4 Å². The second-order valence-electron chi connectivity index (χ2n) is 23.1. The number of allylic oxidation sites excluding steroid dienone is 8. The molecule has 0 aromatic heterocycles. The molecule has 0 heterocycles. The molecule has 77 heavy (non-hydrogen) atoms. The molecule has 0 aliphatic carbocycles. The van der Waals surface area contributed by atoms with Crippen molar-refractivity contribution in [2.75, 3.05) is 13.2 Å². The zero-order valence-corrected chi connectivity index (χ0v) is 51.7. The van der Waals surface area contributed by atoms with Gasteiger partial charge in [0.2, 0.25) is 0 Å². The van der Waals surface area contributed by atoms with Crippen LogP contribution in [0.4, 0.5) is 0 Å². The van der Waals surface area contributed by atoms with E-state index in [1.165, 1.54) is 231 Å². The van der Waals surface area contributed by atoms with Crippen LogP contribution in [0.25, 0.3) is 0 Å². The van der Waals surface area contributed by atoms with Crippen molar-refractivity contribution in [3.8, 4) is 0 Å². The van der Waals surface area contributed by atoms with Gasteiger partial charge in [-0.1, -0.05) is 320 Å². The smallest absolute Gasteiger partial charge is 0.306 e. The average molecular weight is 1080 g/mol. The van der Waals surface area contributed by atoms with E-state index in [2.05, 4.69) is 69.4 Å². The first kappa shape index (κ1) is 74.4. The van der Waals surface area contributed by atoms with Crippen molar-refractivity contribution in [1.82, 2.24) is 0 Å². The number of unbranched alkanes of at least 4 members (excludes halogenated alkanes) is 44. The standard InChI is InChI=1S/C71H130O6/c1-4-7-10-13-16-19-22-25-28-30-32-33-34-35-36-37-38-39-41-43-46-49-52-55-58-61-64-70(73)76-67-68(66-75-69(72)63-60-57-54-51-48-45-42-27-24-21-18-15-12-9-6-3)77-71(74)65-62-59-56-53-50-47-44-40-31-29-26-23-20-17-14-11-8-5-2/h9,12,18,21,27,29,31,42,68H,4-8,10-11,13-17,19-20,22-26,28,30,32-41,43-67H2,1-3H3/b12-9-,21-18-,31-29-,42-27-. The number of carbonyl (C=O) groups excluding carboxylic acids is 3. The van der Waals surface area contributed by atoms with Crippen molar-refractivity contribution in [2.24, 2.45) is 0 Å². The minimum Gasteiger partial charge on any atom is -0.462 e. The molecular weight excluding hydrogens is 949 g/mol. The molecule has 0 radical (unpaired) electrons. The number of carbonyl (C=O) groups is 3. The van der Waals surface area contributed by atoms with Crippen molar-refractivity contribution >= 4 is 17.9 Å². The summed E-state index contributed by atoms with van der Waals surface area (Å²) in [6, 6.07) is 0. The highest BCUT2D eigenvalue weighted by Crippen LogP contribution is 2.18. The Kier molecular flexibility index (Phi) is 63.6. The first-order valence-electron chi connectivity index (χ1n) is 34.1. The third-order valence-corrected chi connectivity index (χ3v) is 15.3. The highest BCUT2D eigenvalue weighted by atomic mass is 16.6. The molecule has 0 aromatic carbocycles. The third-order valence-electron chi connectivity index (χ3n) is 15.3. The summed E-state index contributed by atoms with van der Waals surface area (Å²) in [6.45, 7) is 6.57. The maximum absolute atomic E-state index is 12.9. The molecule has 0 saturated heterocycles. The van der Waals surface area contributed by atoms with Gasteiger partial charge in [-0.2, -0.15) is 0 Å². The minimum atomic E-state index is -0.782. The molecular formula is C71H130O6. The summed E-state index contributed by atoms with van der Waals surface area (Å²) in [4.78, 5) is 38.4. The molecule has 0 amide bonds. The number of hydrogen-bond acceptors (Lipinski definition) is 6. The fraction of sp³-hybridized carbons (Fsp3) is 0.845. The minimum absolute atomic E-state index is 0.0767. The Hall–Kier alpha value is -2.63. The predicted octanol–water partition coefficient (Wildman–Crippen LogP) is 23.3. The Bertz CT molecular complexity index is 1330. The Morgan fingerprint density at radius 1 is 0.273 bits per heavy atom. The van der Waals surface area contributed by atoms with Gasteiger partial charge in [0.05, 0.1) is 0 Å². The van der Waals surface area contributed by atoms with E-state index < -0.39 is 6.10 Å². The zero-order chi connectivity index (χ0) is 55.7. The van der Waals surface area contributed by atoms with Gasteiger partial charge in [-0.25, -0.2) is 0 Å². The van der Waals surface area contributed by atoms with Crippen LogP contribution in [0.5, 0.6) is 0 Å². The lowest BCUT2D eigenvalue weighted by Gasteiger charge is -2.18. The Balaban J connectivity index is 4.26. The van der Waals surface area contributed by atoms with Gasteiger partial charge < -0.3 is 14.2 Å². The van der Waals surface area contributed by atoms with Crippen LogP contribution in [-0.4, -0.2) is 37.2 Å². The number of rotatable bonds is 63. The van der Waals surface area contributed by atoms with Crippen LogP contribution in [0.3, 0.4) is 0 Å². The normalized spacial score (nSPS) is 12.3. The Labute approximate surface area is 479 Å². The van der Waals surface area contributed by atoms with Crippen LogP contribution in [0, 0.1) is 0 Å². The van der Waals surface area contributed by atoms with E-state index in [1.807, 2.05) is 0 Å². The molecule has 1 unspecified atom stereocenters. The fourth-order valence-electron chi connectivity index (χ4n) is 10.2. The first-order chi connectivity index (χ1) is 38.0.